The van der Waals surface area contributed by atoms with Crippen molar-refractivity contribution in [1.82, 2.24) is 10.2 Å². The van der Waals surface area contributed by atoms with E-state index in [1.54, 1.807) is 0 Å². The molecule has 0 aromatic heterocycles. The Labute approximate surface area is 154 Å². The molecule has 1 N–H and O–H groups in total. The SMILES string of the molecule is CC(C)(C)C1C=CC(CNC2CCN(Cc3ccccc3)CC2)CC1. The largest absolute Gasteiger partial charge is 0.313 e. The van der Waals surface area contributed by atoms with E-state index in [0.29, 0.717) is 11.5 Å². The minimum atomic E-state index is 0.417. The van der Waals surface area contributed by atoms with Crippen LogP contribution in [0.1, 0.15) is 52.0 Å². The Bertz CT molecular complexity index is 535. The fourth-order valence-electron chi connectivity index (χ4n) is 4.22. The summed E-state index contributed by atoms with van der Waals surface area (Å²) in [6, 6.07) is 11.6. The van der Waals surface area contributed by atoms with Crippen molar-refractivity contribution in [3.8, 4) is 0 Å². The maximum atomic E-state index is 3.85. The van der Waals surface area contributed by atoms with Gasteiger partial charge in [-0.1, -0.05) is 63.3 Å². The third-order valence-corrected chi connectivity index (χ3v) is 6.08. The van der Waals surface area contributed by atoms with Crippen LogP contribution < -0.4 is 5.32 Å². The average Bonchev–Trinajstić information content (AvgIpc) is 2.62. The number of allylic oxidation sites excluding steroid dienone is 1. The van der Waals surface area contributed by atoms with Gasteiger partial charge in [-0.3, -0.25) is 4.90 Å². The zero-order chi connectivity index (χ0) is 17.7. The maximum Gasteiger partial charge on any atom is 0.0233 e. The summed E-state index contributed by atoms with van der Waals surface area (Å²) in [6.45, 7) is 11.8. The molecule has 0 radical (unpaired) electrons. The van der Waals surface area contributed by atoms with E-state index >= 15 is 0 Å². The van der Waals surface area contributed by atoms with Crippen LogP contribution in [0, 0.1) is 17.3 Å². The molecule has 0 saturated carbocycles. The van der Waals surface area contributed by atoms with Gasteiger partial charge in [0.15, 0.2) is 0 Å². The van der Waals surface area contributed by atoms with E-state index in [1.807, 2.05) is 0 Å². The Morgan fingerprint density at radius 3 is 2.28 bits per heavy atom. The third-order valence-electron chi connectivity index (χ3n) is 6.08. The fourth-order valence-corrected chi connectivity index (χ4v) is 4.22. The average molecular weight is 341 g/mol. The summed E-state index contributed by atoms with van der Waals surface area (Å²) < 4.78 is 0. The fraction of sp³-hybridized carbons (Fsp3) is 0.652. The summed E-state index contributed by atoms with van der Waals surface area (Å²) in [5.74, 6) is 1.49. The summed E-state index contributed by atoms with van der Waals surface area (Å²) in [5.41, 5.74) is 1.86. The molecule has 0 spiro atoms. The molecule has 1 aromatic rings. The Hall–Kier alpha value is -1.12. The van der Waals surface area contributed by atoms with Crippen LogP contribution in [0.5, 0.6) is 0 Å². The van der Waals surface area contributed by atoms with Gasteiger partial charge in [-0.05, 0) is 61.6 Å². The first-order chi connectivity index (χ1) is 12.0. The molecule has 3 rings (SSSR count). The molecular formula is C23H36N2. The number of nitrogens with one attached hydrogen (secondary N) is 1. The van der Waals surface area contributed by atoms with Gasteiger partial charge in [0, 0.05) is 19.1 Å². The third kappa shape index (κ3) is 5.69. The molecule has 1 saturated heterocycles. The molecule has 1 heterocycles. The predicted octanol–water partition coefficient (Wildman–Crippen LogP) is 4.87. The van der Waals surface area contributed by atoms with Crippen molar-refractivity contribution >= 4 is 0 Å². The Kier molecular flexibility index (Phi) is 6.35. The highest BCUT2D eigenvalue weighted by Gasteiger charge is 2.26. The molecular weight excluding hydrogens is 304 g/mol. The first-order valence-corrected chi connectivity index (χ1v) is 10.2. The van der Waals surface area contributed by atoms with Crippen LogP contribution in [0.2, 0.25) is 0 Å². The summed E-state index contributed by atoms with van der Waals surface area (Å²) in [7, 11) is 0. The van der Waals surface area contributed by atoms with E-state index in [-0.39, 0.29) is 0 Å². The van der Waals surface area contributed by atoms with Crippen molar-refractivity contribution in [2.75, 3.05) is 19.6 Å². The second kappa shape index (κ2) is 8.51. The van der Waals surface area contributed by atoms with Gasteiger partial charge in [-0.25, -0.2) is 0 Å². The monoisotopic (exact) mass is 340 g/mol. The molecule has 2 heteroatoms. The smallest absolute Gasteiger partial charge is 0.0233 e. The molecule has 0 bridgehead atoms. The Balaban J connectivity index is 1.36. The number of hydrogen-bond acceptors (Lipinski definition) is 2. The quantitative estimate of drug-likeness (QED) is 0.769. The lowest BCUT2D eigenvalue weighted by atomic mass is 9.74. The number of rotatable bonds is 5. The summed E-state index contributed by atoms with van der Waals surface area (Å²) >= 11 is 0. The maximum absolute atomic E-state index is 3.85. The first-order valence-electron chi connectivity index (χ1n) is 10.2. The van der Waals surface area contributed by atoms with E-state index in [0.717, 1.165) is 24.9 Å². The topological polar surface area (TPSA) is 15.3 Å². The number of likely N-dealkylation sites (tertiary alicyclic amines) is 1. The molecule has 138 valence electrons. The van der Waals surface area contributed by atoms with Crippen molar-refractivity contribution < 1.29 is 0 Å². The van der Waals surface area contributed by atoms with Gasteiger partial charge in [0.1, 0.15) is 0 Å². The highest BCUT2D eigenvalue weighted by Crippen LogP contribution is 2.35. The predicted molar refractivity (Wildman–Crippen MR) is 108 cm³/mol. The molecule has 1 aliphatic carbocycles. The van der Waals surface area contributed by atoms with Crippen LogP contribution in [0.25, 0.3) is 0 Å². The van der Waals surface area contributed by atoms with E-state index in [4.69, 9.17) is 0 Å². The molecule has 0 amide bonds. The van der Waals surface area contributed by atoms with Gasteiger partial charge in [-0.2, -0.15) is 0 Å². The summed E-state index contributed by atoms with van der Waals surface area (Å²) in [5, 5.41) is 3.85. The van der Waals surface area contributed by atoms with Crippen molar-refractivity contribution in [2.45, 2.75) is 59.0 Å². The molecule has 1 aromatic carbocycles. The molecule has 1 aliphatic heterocycles. The second-order valence-electron chi connectivity index (χ2n) is 9.14. The summed E-state index contributed by atoms with van der Waals surface area (Å²) in [6.07, 6.45) is 10.2. The van der Waals surface area contributed by atoms with Crippen LogP contribution in [-0.4, -0.2) is 30.6 Å². The lowest BCUT2D eigenvalue weighted by Gasteiger charge is -2.35. The number of piperidine rings is 1. The minimum Gasteiger partial charge on any atom is -0.313 e. The van der Waals surface area contributed by atoms with E-state index in [2.05, 4.69) is 73.5 Å². The zero-order valence-corrected chi connectivity index (χ0v) is 16.4. The molecule has 2 unspecified atom stereocenters. The lowest BCUT2D eigenvalue weighted by molar-refractivity contribution is 0.187. The van der Waals surface area contributed by atoms with Gasteiger partial charge in [0.25, 0.3) is 0 Å². The zero-order valence-electron chi connectivity index (χ0n) is 16.4. The van der Waals surface area contributed by atoms with E-state index in [9.17, 15) is 0 Å². The van der Waals surface area contributed by atoms with Crippen molar-refractivity contribution in [3.63, 3.8) is 0 Å². The highest BCUT2D eigenvalue weighted by molar-refractivity contribution is 5.14. The molecule has 2 aliphatic rings. The summed E-state index contributed by atoms with van der Waals surface area (Å²) in [4.78, 5) is 2.60. The van der Waals surface area contributed by atoms with Gasteiger partial charge in [-0.15, -0.1) is 0 Å². The molecule has 2 nitrogen and oxygen atoms in total. The molecule has 2 atom stereocenters. The number of hydrogen-bond donors (Lipinski definition) is 1. The van der Waals surface area contributed by atoms with Crippen LogP contribution in [0.15, 0.2) is 42.5 Å². The number of benzene rings is 1. The van der Waals surface area contributed by atoms with Crippen molar-refractivity contribution in [3.05, 3.63) is 48.0 Å². The van der Waals surface area contributed by atoms with Gasteiger partial charge in [0.05, 0.1) is 0 Å². The number of nitrogens with zero attached hydrogens (tertiary/aromatic N) is 1. The van der Waals surface area contributed by atoms with Crippen LogP contribution in [0.3, 0.4) is 0 Å². The van der Waals surface area contributed by atoms with Crippen LogP contribution >= 0.6 is 0 Å². The highest BCUT2D eigenvalue weighted by atomic mass is 15.1. The standard InChI is InChI=1S/C23H36N2/c1-23(2,3)21-11-9-19(10-12-21)17-24-22-13-15-25(16-14-22)18-20-7-5-4-6-8-20/h4-9,11,19,21-22,24H,10,12-18H2,1-3H3. The van der Waals surface area contributed by atoms with Gasteiger partial charge < -0.3 is 5.32 Å². The van der Waals surface area contributed by atoms with Crippen LogP contribution in [0.4, 0.5) is 0 Å². The van der Waals surface area contributed by atoms with E-state index in [1.165, 1.54) is 44.3 Å². The Morgan fingerprint density at radius 2 is 1.68 bits per heavy atom. The van der Waals surface area contributed by atoms with Crippen molar-refractivity contribution in [2.24, 2.45) is 17.3 Å². The second-order valence-corrected chi connectivity index (χ2v) is 9.14. The molecule has 1 fully saturated rings. The normalized spacial score (nSPS) is 26.0. The van der Waals surface area contributed by atoms with Gasteiger partial charge in [0.2, 0.25) is 0 Å². The first kappa shape index (κ1) is 18.7. The minimum absolute atomic E-state index is 0.417. The van der Waals surface area contributed by atoms with Gasteiger partial charge >= 0.3 is 0 Å². The Morgan fingerprint density at radius 1 is 0.960 bits per heavy atom. The van der Waals surface area contributed by atoms with Crippen molar-refractivity contribution in [1.29, 1.82) is 0 Å². The van der Waals surface area contributed by atoms with E-state index < -0.39 is 0 Å². The molecule has 25 heavy (non-hydrogen) atoms. The lowest BCUT2D eigenvalue weighted by Crippen LogP contribution is -2.43. The van der Waals surface area contributed by atoms with Crippen LogP contribution in [-0.2, 0) is 6.54 Å².